The number of likely N-dealkylation sites (tertiary alicyclic amines) is 2. The standard InChI is InChI=1S/C42H62N6O4/c1-44-37(29-32-16-7-3-8-17-32)40(50)45-35(20-11-12-24-43)42(52)48-25-13-21-38(48)41(51)46-36(28-31-14-5-2-6-15-31)39(49)34-22-26-47(27-23-34)30-33-18-9-4-10-19-33/h3-4,7-10,16-19,31,34-38,44H,2,5-6,11-15,20-30,43H2,1H3,(H,45,50)(H,46,51)/t35-,36+,37-,38-/m0/s1. The van der Waals surface area contributed by atoms with Gasteiger partial charge in [-0.3, -0.25) is 24.1 Å². The molecule has 3 aliphatic rings. The number of Topliss-reactive ketones (excluding diaryl/α,β-unsaturated/α-hetero) is 1. The number of likely N-dealkylation sites (N-methyl/N-ethyl adjacent to an activating group) is 1. The minimum absolute atomic E-state index is 0.0830. The van der Waals surface area contributed by atoms with Crippen molar-refractivity contribution < 1.29 is 19.2 Å². The molecule has 5 N–H and O–H groups in total. The Kier molecular flexibility index (Phi) is 15.7. The van der Waals surface area contributed by atoms with Gasteiger partial charge in [0.05, 0.1) is 12.1 Å². The van der Waals surface area contributed by atoms with Crippen molar-refractivity contribution >= 4 is 23.5 Å². The molecule has 10 heteroatoms. The van der Waals surface area contributed by atoms with E-state index in [0.717, 1.165) is 57.3 Å². The predicted molar refractivity (Wildman–Crippen MR) is 205 cm³/mol. The van der Waals surface area contributed by atoms with Crippen molar-refractivity contribution in [2.24, 2.45) is 17.6 Å². The van der Waals surface area contributed by atoms with E-state index >= 15 is 0 Å². The lowest BCUT2D eigenvalue weighted by Gasteiger charge is -2.35. The molecule has 284 valence electrons. The van der Waals surface area contributed by atoms with Gasteiger partial charge < -0.3 is 26.6 Å². The van der Waals surface area contributed by atoms with E-state index in [-0.39, 0.29) is 29.4 Å². The van der Waals surface area contributed by atoms with Gasteiger partial charge in [-0.1, -0.05) is 92.8 Å². The Morgan fingerprint density at radius 1 is 0.750 bits per heavy atom. The van der Waals surface area contributed by atoms with Crippen LogP contribution in [0.1, 0.15) is 94.6 Å². The molecule has 2 aromatic carbocycles. The number of ketones is 1. The van der Waals surface area contributed by atoms with Crippen LogP contribution in [0, 0.1) is 11.8 Å². The van der Waals surface area contributed by atoms with E-state index in [0.29, 0.717) is 57.5 Å². The summed E-state index contributed by atoms with van der Waals surface area (Å²) in [6, 6.07) is 17.8. The minimum atomic E-state index is -0.764. The molecule has 1 aliphatic carbocycles. The topological polar surface area (TPSA) is 137 Å². The largest absolute Gasteiger partial charge is 0.344 e. The molecule has 5 rings (SSSR count). The van der Waals surface area contributed by atoms with Gasteiger partial charge in [-0.15, -0.1) is 0 Å². The highest BCUT2D eigenvalue weighted by atomic mass is 16.2. The Labute approximate surface area is 311 Å². The van der Waals surface area contributed by atoms with Crippen LogP contribution in [0.25, 0.3) is 0 Å². The fourth-order valence-electron chi connectivity index (χ4n) is 8.47. The van der Waals surface area contributed by atoms with E-state index < -0.39 is 24.2 Å². The van der Waals surface area contributed by atoms with E-state index in [1.54, 1.807) is 11.9 Å². The van der Waals surface area contributed by atoms with Gasteiger partial charge in [0.25, 0.3) is 0 Å². The molecule has 3 amide bonds. The summed E-state index contributed by atoms with van der Waals surface area (Å²) in [7, 11) is 1.75. The third-order valence-electron chi connectivity index (χ3n) is 11.5. The van der Waals surface area contributed by atoms with Gasteiger partial charge in [0.15, 0.2) is 5.78 Å². The summed E-state index contributed by atoms with van der Waals surface area (Å²) in [6.07, 6.45) is 11.6. The number of rotatable bonds is 18. The van der Waals surface area contributed by atoms with Crippen LogP contribution in [0.15, 0.2) is 60.7 Å². The van der Waals surface area contributed by atoms with E-state index in [9.17, 15) is 19.2 Å². The summed E-state index contributed by atoms with van der Waals surface area (Å²) >= 11 is 0. The van der Waals surface area contributed by atoms with E-state index in [2.05, 4.69) is 45.1 Å². The first kappa shape index (κ1) is 39.6. The van der Waals surface area contributed by atoms with Gasteiger partial charge in [0.2, 0.25) is 17.7 Å². The Morgan fingerprint density at radius 2 is 1.42 bits per heavy atom. The minimum Gasteiger partial charge on any atom is -0.344 e. The van der Waals surface area contributed by atoms with Crippen molar-refractivity contribution in [3.05, 3.63) is 71.8 Å². The van der Waals surface area contributed by atoms with Gasteiger partial charge >= 0.3 is 0 Å². The maximum absolute atomic E-state index is 14.2. The molecule has 2 aromatic rings. The van der Waals surface area contributed by atoms with E-state index in [4.69, 9.17) is 5.73 Å². The molecule has 2 saturated heterocycles. The fraction of sp³-hybridized carbons (Fsp3) is 0.619. The van der Waals surface area contributed by atoms with Crippen molar-refractivity contribution in [3.8, 4) is 0 Å². The Balaban J connectivity index is 1.24. The molecule has 4 atom stereocenters. The van der Waals surface area contributed by atoms with Gasteiger partial charge in [0, 0.05) is 19.0 Å². The van der Waals surface area contributed by atoms with Crippen molar-refractivity contribution in [1.82, 2.24) is 25.8 Å². The average molecular weight is 715 g/mol. The molecule has 1 saturated carbocycles. The third-order valence-corrected chi connectivity index (χ3v) is 11.5. The molecular formula is C42H62N6O4. The van der Waals surface area contributed by atoms with Crippen LogP contribution >= 0.6 is 0 Å². The highest BCUT2D eigenvalue weighted by molar-refractivity contribution is 5.96. The smallest absolute Gasteiger partial charge is 0.245 e. The second kappa shape index (κ2) is 20.6. The van der Waals surface area contributed by atoms with Crippen LogP contribution < -0.4 is 21.7 Å². The number of benzene rings is 2. The average Bonchev–Trinajstić information content (AvgIpc) is 3.68. The quantitative estimate of drug-likeness (QED) is 0.169. The first-order chi connectivity index (χ1) is 25.4. The number of piperidine rings is 1. The van der Waals surface area contributed by atoms with Gasteiger partial charge in [0.1, 0.15) is 12.1 Å². The molecule has 3 fully saturated rings. The van der Waals surface area contributed by atoms with Crippen molar-refractivity contribution in [2.45, 2.75) is 121 Å². The van der Waals surface area contributed by atoms with Crippen LogP contribution in [0.2, 0.25) is 0 Å². The highest BCUT2D eigenvalue weighted by Crippen LogP contribution is 2.30. The number of nitrogens with one attached hydrogen (secondary N) is 3. The number of amides is 3. The zero-order valence-electron chi connectivity index (χ0n) is 31.3. The van der Waals surface area contributed by atoms with Crippen LogP contribution in [0.3, 0.4) is 0 Å². The first-order valence-corrected chi connectivity index (χ1v) is 20.0. The Bertz CT molecular complexity index is 1410. The molecule has 10 nitrogen and oxygen atoms in total. The number of carbonyl (C=O) groups is 4. The molecule has 0 bridgehead atoms. The molecule has 52 heavy (non-hydrogen) atoms. The molecule has 0 aromatic heterocycles. The van der Waals surface area contributed by atoms with Gasteiger partial charge in [-0.2, -0.15) is 0 Å². The lowest BCUT2D eigenvalue weighted by molar-refractivity contribution is -0.142. The van der Waals surface area contributed by atoms with Gasteiger partial charge in [-0.05, 0) is 102 Å². The Hall–Kier alpha value is -3.60. The monoisotopic (exact) mass is 714 g/mol. The molecule has 0 unspecified atom stereocenters. The zero-order valence-corrected chi connectivity index (χ0v) is 31.3. The summed E-state index contributed by atoms with van der Waals surface area (Å²) in [5.41, 5.74) is 8.09. The van der Waals surface area contributed by atoms with Crippen molar-refractivity contribution in [3.63, 3.8) is 0 Å². The SMILES string of the molecule is CN[C@@H](Cc1ccccc1)C(=O)N[C@@H](CCCCN)C(=O)N1CCC[C@H]1C(=O)N[C@H](CC1CCCCC1)C(=O)C1CCN(Cc2ccccc2)CC1. The fourth-order valence-corrected chi connectivity index (χ4v) is 8.47. The van der Waals surface area contributed by atoms with Crippen LogP contribution in [-0.2, 0) is 32.1 Å². The van der Waals surface area contributed by atoms with Crippen molar-refractivity contribution in [1.29, 1.82) is 0 Å². The van der Waals surface area contributed by atoms with E-state index in [1.807, 2.05) is 36.4 Å². The highest BCUT2D eigenvalue weighted by Gasteiger charge is 2.40. The number of nitrogens with two attached hydrogens (primary N) is 1. The first-order valence-electron chi connectivity index (χ1n) is 20.0. The predicted octanol–water partition coefficient (Wildman–Crippen LogP) is 4.36. The van der Waals surface area contributed by atoms with Crippen molar-refractivity contribution in [2.75, 3.05) is 33.2 Å². The number of nitrogens with zero attached hydrogens (tertiary/aromatic N) is 2. The van der Waals surface area contributed by atoms with Crippen LogP contribution in [0.4, 0.5) is 0 Å². The lowest BCUT2D eigenvalue weighted by Crippen LogP contribution is -2.57. The summed E-state index contributed by atoms with van der Waals surface area (Å²) in [5, 5.41) is 9.36. The normalized spacial score (nSPS) is 20.6. The molecule has 0 radical (unpaired) electrons. The maximum Gasteiger partial charge on any atom is 0.245 e. The molecule has 2 heterocycles. The third kappa shape index (κ3) is 11.4. The zero-order chi connectivity index (χ0) is 36.7. The summed E-state index contributed by atoms with van der Waals surface area (Å²) < 4.78 is 0. The number of unbranched alkanes of at least 4 members (excludes halogenated alkanes) is 1. The molecule has 0 spiro atoms. The number of hydrogen-bond donors (Lipinski definition) is 4. The lowest BCUT2D eigenvalue weighted by atomic mass is 9.80. The second-order valence-electron chi connectivity index (χ2n) is 15.3. The number of carbonyl (C=O) groups excluding carboxylic acids is 4. The van der Waals surface area contributed by atoms with Gasteiger partial charge in [-0.25, -0.2) is 0 Å². The maximum atomic E-state index is 14.2. The summed E-state index contributed by atoms with van der Waals surface area (Å²) in [5.74, 6) is -0.242. The summed E-state index contributed by atoms with van der Waals surface area (Å²) in [6.45, 7) is 3.54. The Morgan fingerprint density at radius 3 is 2.08 bits per heavy atom. The molecule has 2 aliphatic heterocycles. The number of hydrogen-bond acceptors (Lipinski definition) is 7. The van der Waals surface area contributed by atoms with Crippen LogP contribution in [-0.4, -0.2) is 90.7 Å². The van der Waals surface area contributed by atoms with Crippen LogP contribution in [0.5, 0.6) is 0 Å². The van der Waals surface area contributed by atoms with E-state index in [1.165, 1.54) is 24.8 Å². The molecular weight excluding hydrogens is 652 g/mol. The second-order valence-corrected chi connectivity index (χ2v) is 15.3. The summed E-state index contributed by atoms with van der Waals surface area (Å²) in [4.78, 5) is 60.2.